The summed E-state index contributed by atoms with van der Waals surface area (Å²) in [6.07, 6.45) is -1.67. The average molecular weight is 226 g/mol. The lowest BCUT2D eigenvalue weighted by atomic mass is 10.1. The van der Waals surface area contributed by atoms with E-state index in [2.05, 4.69) is 5.43 Å². The van der Waals surface area contributed by atoms with E-state index in [1.807, 2.05) is 0 Å². The molecule has 0 aliphatic rings. The average Bonchev–Trinajstić information content (AvgIpc) is 2.28. The summed E-state index contributed by atoms with van der Waals surface area (Å²) in [5.74, 6) is 4.19. The largest absolute Gasteiger partial charge is 0.493 e. The van der Waals surface area contributed by atoms with Crippen LogP contribution >= 0.6 is 0 Å². The van der Waals surface area contributed by atoms with Gasteiger partial charge in [-0.2, -0.15) is 0 Å². The lowest BCUT2D eigenvalue weighted by Gasteiger charge is -2.16. The monoisotopic (exact) mass is 226 g/mol. The van der Waals surface area contributed by atoms with E-state index >= 15 is 0 Å². The number of aliphatic hydroxyl groups is 1. The third-order valence-corrected chi connectivity index (χ3v) is 2.03. The van der Waals surface area contributed by atoms with Gasteiger partial charge in [-0.05, 0) is 19.1 Å². The molecule has 5 N–H and O–H groups in total. The van der Waals surface area contributed by atoms with Crippen LogP contribution in [0, 0.1) is 0 Å². The zero-order valence-electron chi connectivity index (χ0n) is 8.80. The number of carboxylic acid groups (broad SMARTS) is 1. The minimum absolute atomic E-state index is 0.124. The van der Waals surface area contributed by atoms with E-state index in [4.69, 9.17) is 15.7 Å². The molecule has 0 aromatic heterocycles. The van der Waals surface area contributed by atoms with E-state index in [-0.39, 0.29) is 5.56 Å². The van der Waals surface area contributed by atoms with Gasteiger partial charge >= 0.3 is 5.97 Å². The first-order valence-electron chi connectivity index (χ1n) is 4.75. The van der Waals surface area contributed by atoms with E-state index in [0.717, 1.165) is 0 Å². The Kier molecular flexibility index (Phi) is 4.10. The highest BCUT2D eigenvalue weighted by molar-refractivity contribution is 5.78. The number of nitrogens with two attached hydrogens (primary N) is 1. The van der Waals surface area contributed by atoms with Gasteiger partial charge in [0.1, 0.15) is 5.75 Å². The molecule has 0 fully saturated rings. The Hall–Kier alpha value is -1.79. The number of carboxylic acids is 1. The molecule has 0 radical (unpaired) electrons. The maximum absolute atomic E-state index is 10.8. The van der Waals surface area contributed by atoms with Crippen LogP contribution in [0.25, 0.3) is 0 Å². The van der Waals surface area contributed by atoms with Crippen LogP contribution in [-0.2, 0) is 4.79 Å². The van der Waals surface area contributed by atoms with Crippen molar-refractivity contribution in [1.82, 2.24) is 0 Å². The first-order chi connectivity index (χ1) is 7.61. The summed E-state index contributed by atoms with van der Waals surface area (Å²) in [5.41, 5.74) is 2.77. The summed E-state index contributed by atoms with van der Waals surface area (Å²) >= 11 is 0. The number of nitrogens with one attached hydrogen (secondary N) is 1. The first-order valence-corrected chi connectivity index (χ1v) is 4.75. The molecule has 1 aromatic carbocycles. The fourth-order valence-corrected chi connectivity index (χ4v) is 1.36. The number of anilines is 1. The van der Waals surface area contributed by atoms with Crippen molar-refractivity contribution in [1.29, 1.82) is 0 Å². The zero-order valence-corrected chi connectivity index (χ0v) is 8.80. The van der Waals surface area contributed by atoms with Crippen LogP contribution in [0.3, 0.4) is 0 Å². The predicted molar refractivity (Wildman–Crippen MR) is 58.0 cm³/mol. The molecule has 0 saturated heterocycles. The Morgan fingerprint density at radius 1 is 1.62 bits per heavy atom. The quantitative estimate of drug-likeness (QED) is 0.430. The number of aliphatic carboxylic acids is 1. The number of hydrogen-bond donors (Lipinski definition) is 4. The van der Waals surface area contributed by atoms with Crippen molar-refractivity contribution in [2.45, 2.75) is 13.0 Å². The van der Waals surface area contributed by atoms with Crippen LogP contribution in [-0.4, -0.2) is 22.8 Å². The third-order valence-electron chi connectivity index (χ3n) is 2.03. The highest BCUT2D eigenvalue weighted by Crippen LogP contribution is 2.32. The van der Waals surface area contributed by atoms with Gasteiger partial charge in [-0.25, -0.2) is 4.79 Å². The van der Waals surface area contributed by atoms with Gasteiger partial charge in [0.05, 0.1) is 17.9 Å². The minimum atomic E-state index is -1.67. The van der Waals surface area contributed by atoms with Crippen LogP contribution in [0.5, 0.6) is 5.75 Å². The molecule has 88 valence electrons. The molecule has 1 rings (SSSR count). The van der Waals surface area contributed by atoms with Gasteiger partial charge < -0.3 is 20.4 Å². The van der Waals surface area contributed by atoms with Gasteiger partial charge in [-0.1, -0.05) is 6.07 Å². The second-order valence-corrected chi connectivity index (χ2v) is 3.04. The fourth-order valence-electron chi connectivity index (χ4n) is 1.36. The second-order valence-electron chi connectivity index (χ2n) is 3.04. The van der Waals surface area contributed by atoms with Crippen LogP contribution in [0.4, 0.5) is 5.69 Å². The van der Waals surface area contributed by atoms with E-state index < -0.39 is 12.1 Å². The summed E-state index contributed by atoms with van der Waals surface area (Å²) in [4.78, 5) is 10.8. The van der Waals surface area contributed by atoms with Gasteiger partial charge in [-0.3, -0.25) is 5.84 Å². The maximum Gasteiger partial charge on any atom is 0.337 e. The zero-order chi connectivity index (χ0) is 12.1. The van der Waals surface area contributed by atoms with Gasteiger partial charge in [0, 0.05) is 0 Å². The lowest BCUT2D eigenvalue weighted by Crippen LogP contribution is -2.17. The predicted octanol–water partition coefficient (Wildman–Crippen LogP) is 0.489. The molecular formula is C10H14N2O4. The van der Waals surface area contributed by atoms with Crippen molar-refractivity contribution in [3.63, 3.8) is 0 Å². The Labute approximate surface area is 92.6 Å². The molecule has 0 aliphatic heterocycles. The van der Waals surface area contributed by atoms with Crippen molar-refractivity contribution in [2.24, 2.45) is 5.84 Å². The number of benzene rings is 1. The summed E-state index contributed by atoms with van der Waals surface area (Å²) in [6.45, 7) is 2.13. The molecule has 1 atom stereocenters. The number of carbonyl (C=O) groups is 1. The van der Waals surface area contributed by atoms with E-state index in [1.54, 1.807) is 25.1 Å². The van der Waals surface area contributed by atoms with Crippen LogP contribution < -0.4 is 16.0 Å². The van der Waals surface area contributed by atoms with Crippen molar-refractivity contribution in [3.8, 4) is 5.75 Å². The SMILES string of the molecule is CCOc1cccc(NN)c1C(O)C(=O)O. The molecule has 0 heterocycles. The van der Waals surface area contributed by atoms with Crippen LogP contribution in [0.15, 0.2) is 18.2 Å². The number of ether oxygens (including phenoxy) is 1. The molecule has 1 unspecified atom stereocenters. The van der Waals surface area contributed by atoms with Crippen molar-refractivity contribution in [3.05, 3.63) is 23.8 Å². The van der Waals surface area contributed by atoms with Crippen molar-refractivity contribution >= 4 is 11.7 Å². The second kappa shape index (κ2) is 5.34. The molecule has 1 aromatic rings. The first kappa shape index (κ1) is 12.3. The molecule has 0 spiro atoms. The van der Waals surface area contributed by atoms with E-state index in [1.165, 1.54) is 0 Å². The maximum atomic E-state index is 10.8. The summed E-state index contributed by atoms with van der Waals surface area (Å²) in [6, 6.07) is 4.79. The third kappa shape index (κ3) is 2.41. The van der Waals surface area contributed by atoms with E-state index in [0.29, 0.717) is 18.0 Å². The summed E-state index contributed by atoms with van der Waals surface area (Å²) in [7, 11) is 0. The Morgan fingerprint density at radius 3 is 2.81 bits per heavy atom. The molecule has 0 amide bonds. The lowest BCUT2D eigenvalue weighted by molar-refractivity contribution is -0.147. The fraction of sp³-hybridized carbons (Fsp3) is 0.300. The number of hydrazine groups is 1. The highest BCUT2D eigenvalue weighted by Gasteiger charge is 2.23. The smallest absolute Gasteiger partial charge is 0.337 e. The standard InChI is InChI=1S/C10H14N2O4/c1-2-16-7-5-3-4-6(12-11)8(7)9(13)10(14)15/h3-5,9,12-13H,2,11H2,1H3,(H,14,15). The molecule has 0 aliphatic carbocycles. The van der Waals surface area contributed by atoms with Gasteiger partial charge in [-0.15, -0.1) is 0 Å². The summed E-state index contributed by atoms with van der Waals surface area (Å²) < 4.78 is 5.23. The summed E-state index contributed by atoms with van der Waals surface area (Å²) in [5, 5.41) is 18.3. The van der Waals surface area contributed by atoms with E-state index in [9.17, 15) is 9.90 Å². The molecular weight excluding hydrogens is 212 g/mol. The van der Waals surface area contributed by atoms with Crippen molar-refractivity contribution < 1.29 is 19.7 Å². The highest BCUT2D eigenvalue weighted by atomic mass is 16.5. The van der Waals surface area contributed by atoms with Crippen molar-refractivity contribution in [2.75, 3.05) is 12.0 Å². The molecule has 6 heteroatoms. The molecule has 0 bridgehead atoms. The molecule has 16 heavy (non-hydrogen) atoms. The number of aliphatic hydroxyl groups excluding tert-OH is 1. The number of hydrogen-bond acceptors (Lipinski definition) is 5. The Morgan fingerprint density at radius 2 is 2.31 bits per heavy atom. The molecule has 0 saturated carbocycles. The van der Waals surface area contributed by atoms with Crippen LogP contribution in [0.2, 0.25) is 0 Å². The van der Waals surface area contributed by atoms with Gasteiger partial charge in [0.25, 0.3) is 0 Å². The number of rotatable bonds is 5. The molecule has 6 nitrogen and oxygen atoms in total. The normalized spacial score (nSPS) is 11.9. The Balaban J connectivity index is 3.23. The minimum Gasteiger partial charge on any atom is -0.493 e. The topological polar surface area (TPSA) is 105 Å². The van der Waals surface area contributed by atoms with Crippen LogP contribution in [0.1, 0.15) is 18.6 Å². The Bertz CT molecular complexity index is 381. The number of nitrogen functional groups attached to an aromatic ring is 1. The van der Waals surface area contributed by atoms with Gasteiger partial charge in [0.15, 0.2) is 6.10 Å². The van der Waals surface area contributed by atoms with Gasteiger partial charge in [0.2, 0.25) is 0 Å².